The lowest BCUT2D eigenvalue weighted by atomic mass is 10.1. The van der Waals surface area contributed by atoms with Gasteiger partial charge in [0, 0.05) is 19.0 Å². The van der Waals surface area contributed by atoms with E-state index in [0.717, 1.165) is 31.3 Å². The first-order valence-corrected chi connectivity index (χ1v) is 7.20. The van der Waals surface area contributed by atoms with Crippen LogP contribution in [0, 0.1) is 5.92 Å². The van der Waals surface area contributed by atoms with Gasteiger partial charge in [-0.3, -0.25) is 0 Å². The van der Waals surface area contributed by atoms with Crippen LogP contribution in [0.5, 0.6) is 0 Å². The summed E-state index contributed by atoms with van der Waals surface area (Å²) in [6.07, 6.45) is 3.93. The molecule has 2 fully saturated rings. The second-order valence-electron chi connectivity index (χ2n) is 5.98. The molecule has 0 aromatic carbocycles. The molecule has 0 amide bonds. The van der Waals surface area contributed by atoms with E-state index < -0.39 is 0 Å². The molecule has 0 bridgehead atoms. The van der Waals surface area contributed by atoms with Gasteiger partial charge in [0.25, 0.3) is 0 Å². The number of hydrogen-bond acceptors (Lipinski definition) is 6. The zero-order valence-electron chi connectivity index (χ0n) is 11.3. The third kappa shape index (κ3) is 2.07. The van der Waals surface area contributed by atoms with Crippen LogP contribution in [0.2, 0.25) is 0 Å². The molecule has 1 aliphatic heterocycles. The minimum Gasteiger partial charge on any atom is -0.382 e. The number of aromatic nitrogens is 4. The molecule has 3 heterocycles. The Balaban J connectivity index is 1.57. The first kappa shape index (κ1) is 11.9. The molecule has 5 N–H and O–H groups in total. The predicted molar refractivity (Wildman–Crippen MR) is 77.0 cm³/mol. The minimum absolute atomic E-state index is 0.176. The molecule has 1 saturated heterocycles. The highest BCUT2D eigenvalue weighted by Crippen LogP contribution is 2.33. The van der Waals surface area contributed by atoms with Crippen molar-refractivity contribution >= 4 is 22.9 Å². The molecule has 2 aromatic rings. The lowest BCUT2D eigenvalue weighted by Gasteiger charge is -2.14. The van der Waals surface area contributed by atoms with Crippen molar-refractivity contribution in [2.75, 3.05) is 31.1 Å². The van der Waals surface area contributed by atoms with Crippen LogP contribution >= 0.6 is 0 Å². The maximum Gasteiger partial charge on any atom is 0.224 e. The van der Waals surface area contributed by atoms with Crippen molar-refractivity contribution in [1.29, 1.82) is 0 Å². The summed E-state index contributed by atoms with van der Waals surface area (Å²) in [7, 11) is 0. The lowest BCUT2D eigenvalue weighted by molar-refractivity contribution is 0.319. The standard InChI is InChI=1S/C13H19N7/c14-10-9-12(19-13(15)17-10)18-11(16-9)8-3-4-20(6-8)5-7-1-2-7/h7-8H,1-6H2,(H5,14,15,16,17,18,19). The van der Waals surface area contributed by atoms with Gasteiger partial charge in [0.15, 0.2) is 11.5 Å². The highest BCUT2D eigenvalue weighted by atomic mass is 15.2. The average Bonchev–Trinajstić information content (AvgIpc) is 2.91. The SMILES string of the molecule is Nc1nc(N)c2[nH]c(C3CCN(CC4CC4)C3)nc2n1. The topological polar surface area (TPSA) is 110 Å². The quantitative estimate of drug-likeness (QED) is 0.760. The van der Waals surface area contributed by atoms with Crippen LogP contribution in [-0.2, 0) is 0 Å². The van der Waals surface area contributed by atoms with E-state index in [2.05, 4.69) is 24.8 Å². The van der Waals surface area contributed by atoms with Crippen molar-refractivity contribution in [2.24, 2.45) is 5.92 Å². The number of imidazole rings is 1. The summed E-state index contributed by atoms with van der Waals surface area (Å²) in [5.41, 5.74) is 12.7. The Morgan fingerprint density at radius 1 is 1.15 bits per heavy atom. The van der Waals surface area contributed by atoms with Crippen LogP contribution in [0.3, 0.4) is 0 Å². The maximum atomic E-state index is 5.86. The molecule has 2 aliphatic rings. The largest absolute Gasteiger partial charge is 0.382 e. The molecule has 7 nitrogen and oxygen atoms in total. The number of nitrogens with one attached hydrogen (secondary N) is 1. The fourth-order valence-corrected chi connectivity index (χ4v) is 3.03. The molecular weight excluding hydrogens is 254 g/mol. The Morgan fingerprint density at radius 2 is 2.00 bits per heavy atom. The molecule has 106 valence electrons. The molecule has 1 unspecified atom stereocenters. The second-order valence-corrected chi connectivity index (χ2v) is 5.98. The number of nitrogens with two attached hydrogens (primary N) is 2. The first-order valence-electron chi connectivity index (χ1n) is 7.20. The van der Waals surface area contributed by atoms with Crippen LogP contribution in [-0.4, -0.2) is 44.5 Å². The van der Waals surface area contributed by atoms with E-state index >= 15 is 0 Å². The van der Waals surface area contributed by atoms with Crippen molar-refractivity contribution in [3.63, 3.8) is 0 Å². The van der Waals surface area contributed by atoms with Crippen LogP contribution < -0.4 is 11.5 Å². The van der Waals surface area contributed by atoms with E-state index in [0.29, 0.717) is 22.9 Å². The number of anilines is 2. The Kier molecular flexibility index (Phi) is 2.56. The second kappa shape index (κ2) is 4.31. The molecule has 4 rings (SSSR count). The van der Waals surface area contributed by atoms with Crippen molar-refractivity contribution in [3.8, 4) is 0 Å². The molecule has 7 heteroatoms. The highest BCUT2D eigenvalue weighted by molar-refractivity contribution is 5.82. The third-order valence-corrected chi connectivity index (χ3v) is 4.29. The summed E-state index contributed by atoms with van der Waals surface area (Å²) < 4.78 is 0. The van der Waals surface area contributed by atoms with Crippen molar-refractivity contribution in [2.45, 2.75) is 25.2 Å². The van der Waals surface area contributed by atoms with Gasteiger partial charge in [-0.1, -0.05) is 0 Å². The Morgan fingerprint density at radius 3 is 2.80 bits per heavy atom. The summed E-state index contributed by atoms with van der Waals surface area (Å²) in [6, 6.07) is 0. The summed E-state index contributed by atoms with van der Waals surface area (Å²) in [5.74, 6) is 2.88. The fraction of sp³-hybridized carbons (Fsp3) is 0.615. The van der Waals surface area contributed by atoms with E-state index in [1.807, 2.05) is 0 Å². The molecule has 0 radical (unpaired) electrons. The maximum absolute atomic E-state index is 5.86. The van der Waals surface area contributed by atoms with Gasteiger partial charge in [-0.2, -0.15) is 9.97 Å². The van der Waals surface area contributed by atoms with Crippen LogP contribution in [0.1, 0.15) is 31.0 Å². The summed E-state index contributed by atoms with van der Waals surface area (Å²) >= 11 is 0. The first-order chi connectivity index (χ1) is 9.69. The molecule has 1 aliphatic carbocycles. The fourth-order valence-electron chi connectivity index (χ4n) is 3.03. The van der Waals surface area contributed by atoms with Gasteiger partial charge >= 0.3 is 0 Å². The Labute approximate surface area is 116 Å². The number of aromatic amines is 1. The smallest absolute Gasteiger partial charge is 0.224 e. The summed E-state index contributed by atoms with van der Waals surface area (Å²) in [5, 5.41) is 0. The van der Waals surface area contributed by atoms with Crippen molar-refractivity contribution < 1.29 is 0 Å². The van der Waals surface area contributed by atoms with Gasteiger partial charge in [0.2, 0.25) is 5.95 Å². The number of fused-ring (bicyclic) bond motifs is 1. The lowest BCUT2D eigenvalue weighted by Crippen LogP contribution is -2.22. The number of nitrogen functional groups attached to an aromatic ring is 2. The van der Waals surface area contributed by atoms with E-state index in [1.165, 1.54) is 19.4 Å². The highest BCUT2D eigenvalue weighted by Gasteiger charge is 2.31. The summed E-state index contributed by atoms with van der Waals surface area (Å²) in [4.78, 5) is 18.5. The van der Waals surface area contributed by atoms with Crippen LogP contribution in [0.25, 0.3) is 11.2 Å². The van der Waals surface area contributed by atoms with Gasteiger partial charge in [-0.05, 0) is 31.7 Å². The number of hydrogen-bond donors (Lipinski definition) is 3. The van der Waals surface area contributed by atoms with Gasteiger partial charge in [0.05, 0.1) is 0 Å². The number of likely N-dealkylation sites (tertiary alicyclic amines) is 1. The van der Waals surface area contributed by atoms with Crippen LogP contribution in [0.15, 0.2) is 0 Å². The van der Waals surface area contributed by atoms with Gasteiger partial charge < -0.3 is 21.4 Å². The zero-order chi connectivity index (χ0) is 13.7. The van der Waals surface area contributed by atoms with E-state index in [9.17, 15) is 0 Å². The van der Waals surface area contributed by atoms with Gasteiger partial charge in [0.1, 0.15) is 11.3 Å². The molecule has 20 heavy (non-hydrogen) atoms. The van der Waals surface area contributed by atoms with Gasteiger partial charge in [-0.25, -0.2) is 4.98 Å². The monoisotopic (exact) mass is 273 g/mol. The predicted octanol–water partition coefficient (Wildman–Crippen LogP) is 0.717. The van der Waals surface area contributed by atoms with E-state index in [-0.39, 0.29) is 5.95 Å². The molecule has 1 saturated carbocycles. The number of H-pyrrole nitrogens is 1. The van der Waals surface area contributed by atoms with Crippen molar-refractivity contribution in [3.05, 3.63) is 5.82 Å². The molecule has 1 atom stereocenters. The Bertz CT molecular complexity index is 645. The van der Waals surface area contributed by atoms with E-state index in [1.54, 1.807) is 0 Å². The zero-order valence-corrected chi connectivity index (χ0v) is 11.3. The number of nitrogens with zero attached hydrogens (tertiary/aromatic N) is 4. The summed E-state index contributed by atoms with van der Waals surface area (Å²) in [6.45, 7) is 3.46. The third-order valence-electron chi connectivity index (χ3n) is 4.29. The Hall–Kier alpha value is -1.89. The van der Waals surface area contributed by atoms with Gasteiger partial charge in [-0.15, -0.1) is 0 Å². The van der Waals surface area contributed by atoms with E-state index in [4.69, 9.17) is 11.5 Å². The molecule has 2 aromatic heterocycles. The van der Waals surface area contributed by atoms with Crippen molar-refractivity contribution in [1.82, 2.24) is 24.8 Å². The minimum atomic E-state index is 0.176. The normalized spacial score (nSPS) is 23.7. The molecule has 0 spiro atoms. The van der Waals surface area contributed by atoms with Crippen LogP contribution in [0.4, 0.5) is 11.8 Å². The number of rotatable bonds is 3. The molecular formula is C13H19N7. The average molecular weight is 273 g/mol.